The average Bonchev–Trinajstić information content (AvgIpc) is 3.34. The first-order valence-electron chi connectivity index (χ1n) is 9.65. The maximum atomic E-state index is 13.4. The monoisotopic (exact) mass is 381 g/mol. The second-order valence-electron chi connectivity index (χ2n) is 6.80. The summed E-state index contributed by atoms with van der Waals surface area (Å²) in [6.07, 6.45) is 3.29. The summed E-state index contributed by atoms with van der Waals surface area (Å²) < 4.78 is 12.9. The minimum Gasteiger partial charge on any atom is -0.467 e. The Bertz CT molecular complexity index is 992. The van der Waals surface area contributed by atoms with Crippen LogP contribution in [-0.2, 0) is 14.3 Å². The van der Waals surface area contributed by atoms with Crippen LogP contribution in [0.2, 0.25) is 0 Å². The molecule has 0 saturated carbocycles. The molecule has 0 fully saturated rings. The lowest BCUT2D eigenvalue weighted by atomic mass is 9.93. The molecular weight excluding hydrogens is 358 g/mol. The Labute approximate surface area is 162 Å². The van der Waals surface area contributed by atoms with Gasteiger partial charge in [-0.2, -0.15) is 0 Å². The molecule has 2 aromatic heterocycles. The van der Waals surface area contributed by atoms with Crippen LogP contribution in [0.25, 0.3) is 11.0 Å². The second-order valence-corrected chi connectivity index (χ2v) is 6.80. The van der Waals surface area contributed by atoms with Gasteiger partial charge in [0.05, 0.1) is 23.9 Å². The van der Waals surface area contributed by atoms with E-state index in [1.165, 1.54) is 0 Å². The van der Waals surface area contributed by atoms with E-state index in [9.17, 15) is 9.59 Å². The predicted octanol–water partition coefficient (Wildman–Crippen LogP) is 3.54. The van der Waals surface area contributed by atoms with Crippen LogP contribution in [0.1, 0.15) is 38.5 Å². The number of esters is 1. The lowest BCUT2D eigenvalue weighted by Gasteiger charge is -2.36. The van der Waals surface area contributed by atoms with Gasteiger partial charge >= 0.3 is 5.97 Å². The fourth-order valence-corrected chi connectivity index (χ4v) is 3.79. The molecule has 1 amide bonds. The van der Waals surface area contributed by atoms with E-state index in [0.717, 1.165) is 23.9 Å². The number of hydrogen-bond donors (Lipinski definition) is 0. The van der Waals surface area contributed by atoms with Crippen molar-refractivity contribution in [1.29, 1.82) is 0 Å². The zero-order chi connectivity index (χ0) is 19.7. The number of furan rings is 1. The molecule has 4 rings (SSSR count). The number of carbonyl (C=O) groups excluding carboxylic acids is 2. The van der Waals surface area contributed by atoms with E-state index < -0.39 is 17.9 Å². The van der Waals surface area contributed by atoms with Gasteiger partial charge in [-0.3, -0.25) is 19.1 Å². The number of aromatic nitrogens is 2. The van der Waals surface area contributed by atoms with Crippen LogP contribution in [0.3, 0.4) is 0 Å². The van der Waals surface area contributed by atoms with Crippen LogP contribution in [0.4, 0.5) is 5.95 Å². The first-order chi connectivity index (χ1) is 13.7. The molecule has 7 nitrogen and oxygen atoms in total. The van der Waals surface area contributed by atoms with Crippen LogP contribution >= 0.6 is 0 Å². The maximum absolute atomic E-state index is 13.4. The number of ether oxygens (including phenoxy) is 1. The molecule has 3 aromatic rings. The molecule has 0 bridgehead atoms. The number of unbranched alkanes of at least 4 members (excludes halogenated alkanes) is 1. The molecule has 0 unspecified atom stereocenters. The van der Waals surface area contributed by atoms with Crippen molar-refractivity contribution >= 4 is 28.9 Å². The number of nitrogens with zero attached hydrogens (tertiary/aromatic N) is 3. The first-order valence-corrected chi connectivity index (χ1v) is 9.65. The van der Waals surface area contributed by atoms with Crippen molar-refractivity contribution < 1.29 is 18.7 Å². The number of rotatable bonds is 6. The molecule has 0 aliphatic carbocycles. The minimum absolute atomic E-state index is 0.208. The summed E-state index contributed by atoms with van der Waals surface area (Å²) in [4.78, 5) is 32.6. The van der Waals surface area contributed by atoms with Gasteiger partial charge in [-0.25, -0.2) is 4.98 Å². The summed E-state index contributed by atoms with van der Waals surface area (Å²) in [6, 6.07) is 10.6. The van der Waals surface area contributed by atoms with E-state index in [1.807, 2.05) is 28.8 Å². The molecule has 146 valence electrons. The zero-order valence-electron chi connectivity index (χ0n) is 16.0. The lowest BCUT2D eigenvalue weighted by molar-refractivity contribution is -0.153. The van der Waals surface area contributed by atoms with Crippen LogP contribution in [0.5, 0.6) is 0 Å². The van der Waals surface area contributed by atoms with E-state index >= 15 is 0 Å². The Morgan fingerprint density at radius 3 is 2.75 bits per heavy atom. The zero-order valence-corrected chi connectivity index (χ0v) is 16.0. The summed E-state index contributed by atoms with van der Waals surface area (Å²) in [5.74, 6) is -0.782. The maximum Gasteiger partial charge on any atom is 0.321 e. The molecule has 3 heterocycles. The number of imidazole rings is 1. The minimum atomic E-state index is -1.02. The third-order valence-electron chi connectivity index (χ3n) is 5.06. The fourth-order valence-electron chi connectivity index (χ4n) is 3.79. The highest BCUT2D eigenvalue weighted by atomic mass is 16.5. The summed E-state index contributed by atoms with van der Waals surface area (Å²) in [6.45, 7) is 4.51. The molecule has 7 heteroatoms. The highest BCUT2D eigenvalue weighted by Crippen LogP contribution is 2.41. The first kappa shape index (κ1) is 18.3. The highest BCUT2D eigenvalue weighted by Gasteiger charge is 2.48. The quantitative estimate of drug-likeness (QED) is 0.482. The lowest BCUT2D eigenvalue weighted by Crippen LogP contribution is -2.50. The molecule has 0 saturated heterocycles. The van der Waals surface area contributed by atoms with Gasteiger partial charge in [0.2, 0.25) is 11.9 Å². The Morgan fingerprint density at radius 2 is 2.04 bits per heavy atom. The highest BCUT2D eigenvalue weighted by molar-refractivity contribution is 6.08. The molecule has 0 N–H and O–H groups in total. The van der Waals surface area contributed by atoms with Gasteiger partial charge in [-0.05, 0) is 37.6 Å². The van der Waals surface area contributed by atoms with Gasteiger partial charge < -0.3 is 9.15 Å². The van der Waals surface area contributed by atoms with Gasteiger partial charge in [0.25, 0.3) is 0 Å². The van der Waals surface area contributed by atoms with E-state index in [4.69, 9.17) is 14.1 Å². The van der Waals surface area contributed by atoms with Gasteiger partial charge in [-0.15, -0.1) is 0 Å². The second kappa shape index (κ2) is 7.50. The topological polar surface area (TPSA) is 77.6 Å². The normalized spacial score (nSPS) is 19.1. The number of para-hydroxylation sites is 2. The standard InChI is InChI=1S/C21H23N3O4/c1-3-5-12-23-19(25)17(20(26)27-4-2)18(16-11-8-13-28-16)24-15-10-7-6-9-14(15)22-21(23)24/h6-11,13,17-18H,3-5,12H2,1-2H3/t17-,18-/m0/s1. The Morgan fingerprint density at radius 1 is 1.21 bits per heavy atom. The van der Waals surface area contributed by atoms with Crippen molar-refractivity contribution in [3.63, 3.8) is 0 Å². The number of carbonyl (C=O) groups is 2. The average molecular weight is 381 g/mol. The summed E-state index contributed by atoms with van der Waals surface area (Å²) >= 11 is 0. The van der Waals surface area contributed by atoms with E-state index in [1.54, 1.807) is 30.2 Å². The van der Waals surface area contributed by atoms with Crippen LogP contribution in [0, 0.1) is 5.92 Å². The predicted molar refractivity (Wildman–Crippen MR) is 104 cm³/mol. The molecule has 28 heavy (non-hydrogen) atoms. The Balaban J connectivity index is 1.95. The number of hydrogen-bond acceptors (Lipinski definition) is 5. The largest absolute Gasteiger partial charge is 0.467 e. The summed E-state index contributed by atoms with van der Waals surface area (Å²) in [5.41, 5.74) is 1.62. The van der Waals surface area contributed by atoms with Crippen molar-refractivity contribution in [2.45, 2.75) is 32.7 Å². The number of anilines is 1. The fraction of sp³-hybridized carbons (Fsp3) is 0.381. The SMILES string of the molecule is CCCCN1C(=O)[C@@H](C(=O)OCC)[C@H](c2ccco2)n2c1nc1ccccc12. The molecule has 0 radical (unpaired) electrons. The molecule has 1 aliphatic rings. The summed E-state index contributed by atoms with van der Waals surface area (Å²) in [7, 11) is 0. The Kier molecular flexibility index (Phi) is 4.90. The van der Waals surface area contributed by atoms with Crippen molar-refractivity contribution in [1.82, 2.24) is 9.55 Å². The van der Waals surface area contributed by atoms with Gasteiger partial charge in [0.1, 0.15) is 11.8 Å². The van der Waals surface area contributed by atoms with Crippen LogP contribution < -0.4 is 4.90 Å². The van der Waals surface area contributed by atoms with Gasteiger partial charge in [-0.1, -0.05) is 25.5 Å². The van der Waals surface area contributed by atoms with Crippen molar-refractivity contribution in [3.05, 3.63) is 48.4 Å². The molecule has 1 aliphatic heterocycles. The van der Waals surface area contributed by atoms with Gasteiger partial charge in [0, 0.05) is 6.54 Å². The smallest absolute Gasteiger partial charge is 0.321 e. The molecule has 0 spiro atoms. The number of amides is 1. The third kappa shape index (κ3) is 2.87. The third-order valence-corrected chi connectivity index (χ3v) is 5.06. The van der Waals surface area contributed by atoms with Crippen molar-refractivity contribution in [2.75, 3.05) is 18.1 Å². The van der Waals surface area contributed by atoms with Crippen LogP contribution in [-0.4, -0.2) is 34.6 Å². The molecule has 2 atom stereocenters. The molecule has 1 aromatic carbocycles. The van der Waals surface area contributed by atoms with E-state index in [2.05, 4.69) is 6.92 Å². The van der Waals surface area contributed by atoms with Crippen LogP contribution in [0.15, 0.2) is 47.1 Å². The Hall–Kier alpha value is -3.09. The van der Waals surface area contributed by atoms with Crippen molar-refractivity contribution in [2.24, 2.45) is 5.92 Å². The van der Waals surface area contributed by atoms with E-state index in [-0.39, 0.29) is 12.5 Å². The van der Waals surface area contributed by atoms with E-state index in [0.29, 0.717) is 18.3 Å². The number of benzene rings is 1. The molecular formula is C21H23N3O4. The van der Waals surface area contributed by atoms with Gasteiger partial charge in [0.15, 0.2) is 5.92 Å². The number of fused-ring (bicyclic) bond motifs is 3. The summed E-state index contributed by atoms with van der Waals surface area (Å²) in [5, 5.41) is 0. The van der Waals surface area contributed by atoms with Crippen molar-refractivity contribution in [3.8, 4) is 0 Å².